The Morgan fingerprint density at radius 1 is 0.868 bits per heavy atom. The molecule has 1 N–H and O–H groups in total. The van der Waals surface area contributed by atoms with Crippen LogP contribution in [0, 0.1) is 31.1 Å². The first-order valence-electron chi connectivity index (χ1n) is 19.1. The van der Waals surface area contributed by atoms with E-state index in [0.29, 0.717) is 47.3 Å². The van der Waals surface area contributed by atoms with Gasteiger partial charge < -0.3 is 24.2 Å². The largest absolute Gasteiger partial charge is 0.493 e. The normalized spacial score (nSPS) is 18.0. The number of pyridine rings is 1. The number of aliphatic hydroxyl groups is 1. The zero-order valence-electron chi connectivity index (χ0n) is 31.5. The molecule has 0 radical (unpaired) electrons. The number of hydrogen-bond acceptors (Lipinski definition) is 8. The van der Waals surface area contributed by atoms with Gasteiger partial charge in [-0.2, -0.15) is 5.26 Å². The molecule has 1 unspecified atom stereocenters. The second kappa shape index (κ2) is 18.8. The van der Waals surface area contributed by atoms with Crippen molar-refractivity contribution in [2.45, 2.75) is 85.1 Å². The van der Waals surface area contributed by atoms with Gasteiger partial charge in [0.2, 0.25) is 0 Å². The van der Waals surface area contributed by atoms with Crippen LogP contribution in [-0.2, 0) is 19.8 Å². The minimum Gasteiger partial charge on any atom is -0.493 e. The summed E-state index contributed by atoms with van der Waals surface area (Å²) in [6, 6.07) is 20.9. The van der Waals surface area contributed by atoms with Crippen LogP contribution in [0.1, 0.15) is 78.8 Å². The Hall–Kier alpha value is -4.13. The van der Waals surface area contributed by atoms with Crippen molar-refractivity contribution in [2.24, 2.45) is 5.92 Å². The molecular formula is C44H53ClN4O4. The zero-order chi connectivity index (χ0) is 37.2. The molecule has 0 aliphatic carbocycles. The zero-order valence-corrected chi connectivity index (χ0v) is 32.2. The summed E-state index contributed by atoms with van der Waals surface area (Å²) >= 11 is 6.92. The number of aromatic nitrogens is 1. The molecule has 3 aromatic carbocycles. The second-order valence-corrected chi connectivity index (χ2v) is 15.1. The highest BCUT2D eigenvalue weighted by atomic mass is 35.5. The lowest BCUT2D eigenvalue weighted by atomic mass is 9.93. The Morgan fingerprint density at radius 3 is 2.49 bits per heavy atom. The van der Waals surface area contributed by atoms with E-state index in [9.17, 15) is 10.4 Å². The predicted octanol–water partition coefficient (Wildman–Crippen LogP) is 8.90. The van der Waals surface area contributed by atoms with E-state index in [1.807, 2.05) is 12.1 Å². The van der Waals surface area contributed by atoms with Gasteiger partial charge in [0.25, 0.3) is 0 Å². The van der Waals surface area contributed by atoms with E-state index >= 15 is 0 Å². The van der Waals surface area contributed by atoms with Crippen LogP contribution in [-0.4, -0.2) is 65.3 Å². The number of halogens is 1. The van der Waals surface area contributed by atoms with E-state index in [0.717, 1.165) is 96.7 Å². The van der Waals surface area contributed by atoms with E-state index in [4.69, 9.17) is 25.8 Å². The van der Waals surface area contributed by atoms with Crippen molar-refractivity contribution < 1.29 is 19.3 Å². The van der Waals surface area contributed by atoms with Crippen molar-refractivity contribution in [3.8, 4) is 34.4 Å². The third kappa shape index (κ3) is 10.1. The molecule has 6 rings (SSSR count). The number of nitriles is 1. The Balaban J connectivity index is 1.15. The molecule has 2 aliphatic rings. The molecule has 2 saturated heterocycles. The summed E-state index contributed by atoms with van der Waals surface area (Å²) in [7, 11) is 0. The highest BCUT2D eigenvalue weighted by Gasteiger charge is 2.22. The van der Waals surface area contributed by atoms with Gasteiger partial charge in [0.05, 0.1) is 17.2 Å². The average Bonchev–Trinajstić information content (AvgIpc) is 3.18. The van der Waals surface area contributed by atoms with Crippen molar-refractivity contribution >= 4 is 11.6 Å². The molecular weight excluding hydrogens is 684 g/mol. The molecule has 3 heterocycles. The van der Waals surface area contributed by atoms with E-state index in [2.05, 4.69) is 78.0 Å². The van der Waals surface area contributed by atoms with Gasteiger partial charge in [0, 0.05) is 61.9 Å². The molecule has 2 atom stereocenters. The number of benzene rings is 3. The van der Waals surface area contributed by atoms with Crippen molar-refractivity contribution in [1.29, 1.82) is 5.26 Å². The minimum absolute atomic E-state index is 0.277. The number of hydrogen-bond donors (Lipinski definition) is 1. The molecule has 4 aromatic rings. The molecule has 53 heavy (non-hydrogen) atoms. The quantitative estimate of drug-likeness (QED) is 0.121. The summed E-state index contributed by atoms with van der Waals surface area (Å²) < 4.78 is 19.2. The molecule has 0 bridgehead atoms. The van der Waals surface area contributed by atoms with Crippen LogP contribution < -0.4 is 14.2 Å². The molecule has 1 aromatic heterocycles. The number of piperidine rings is 2. The third-order valence-corrected chi connectivity index (χ3v) is 11.2. The van der Waals surface area contributed by atoms with Crippen LogP contribution >= 0.6 is 11.6 Å². The molecule has 2 aliphatic heterocycles. The Morgan fingerprint density at radius 2 is 1.68 bits per heavy atom. The Labute approximate surface area is 320 Å². The molecule has 9 heteroatoms. The van der Waals surface area contributed by atoms with Gasteiger partial charge >= 0.3 is 0 Å². The minimum atomic E-state index is 0.277. The fourth-order valence-electron chi connectivity index (χ4n) is 7.67. The van der Waals surface area contributed by atoms with Crippen molar-refractivity contribution in [1.82, 2.24) is 14.8 Å². The van der Waals surface area contributed by atoms with Gasteiger partial charge in [-0.1, -0.05) is 48.4 Å². The van der Waals surface area contributed by atoms with Crippen LogP contribution in [0.25, 0.3) is 11.1 Å². The number of nitrogens with zero attached hydrogens (tertiary/aromatic N) is 4. The number of rotatable bonds is 15. The molecule has 8 nitrogen and oxygen atoms in total. The Kier molecular flexibility index (Phi) is 13.7. The first-order valence-corrected chi connectivity index (χ1v) is 19.5. The highest BCUT2D eigenvalue weighted by Crippen LogP contribution is 2.37. The van der Waals surface area contributed by atoms with Crippen molar-refractivity contribution in [3.63, 3.8) is 0 Å². The van der Waals surface area contributed by atoms with Crippen LogP contribution in [0.5, 0.6) is 17.2 Å². The lowest BCUT2D eigenvalue weighted by molar-refractivity contribution is 0.115. The molecule has 2 fully saturated rings. The van der Waals surface area contributed by atoms with Crippen LogP contribution in [0.3, 0.4) is 0 Å². The first kappa shape index (κ1) is 38.6. The highest BCUT2D eigenvalue weighted by molar-refractivity contribution is 6.32. The fraction of sp³-hybridized carbons (Fsp3) is 0.455. The topological polar surface area (TPSA) is 91.1 Å². The third-order valence-electron chi connectivity index (χ3n) is 10.9. The van der Waals surface area contributed by atoms with Gasteiger partial charge in [0.15, 0.2) is 0 Å². The number of ether oxygens (including phenoxy) is 3. The summed E-state index contributed by atoms with van der Waals surface area (Å²) in [5, 5.41) is 19.5. The average molecular weight is 737 g/mol. The lowest BCUT2D eigenvalue weighted by Crippen LogP contribution is -2.37. The predicted molar refractivity (Wildman–Crippen MR) is 211 cm³/mol. The van der Waals surface area contributed by atoms with E-state index in [1.165, 1.54) is 19.3 Å². The van der Waals surface area contributed by atoms with Gasteiger partial charge in [-0.15, -0.1) is 0 Å². The summed E-state index contributed by atoms with van der Waals surface area (Å²) in [5.41, 5.74) is 7.95. The summed E-state index contributed by atoms with van der Waals surface area (Å²) in [5.74, 6) is 2.59. The maximum Gasteiger partial charge on any atom is 0.142 e. The maximum atomic E-state index is 9.57. The van der Waals surface area contributed by atoms with Gasteiger partial charge in [-0.3, -0.25) is 9.88 Å². The molecule has 280 valence electrons. The van der Waals surface area contributed by atoms with Crippen molar-refractivity contribution in [3.05, 3.63) is 105 Å². The van der Waals surface area contributed by atoms with Crippen LogP contribution in [0.2, 0.25) is 5.02 Å². The second-order valence-electron chi connectivity index (χ2n) is 14.7. The van der Waals surface area contributed by atoms with Crippen molar-refractivity contribution in [2.75, 3.05) is 39.4 Å². The summed E-state index contributed by atoms with van der Waals surface area (Å²) in [4.78, 5) is 9.14. The van der Waals surface area contributed by atoms with Crippen LogP contribution in [0.4, 0.5) is 0 Å². The first-order chi connectivity index (χ1) is 25.8. The van der Waals surface area contributed by atoms with E-state index < -0.39 is 0 Å². The van der Waals surface area contributed by atoms with Gasteiger partial charge in [-0.05, 0) is 118 Å². The smallest absolute Gasteiger partial charge is 0.142 e. The molecule has 0 saturated carbocycles. The summed E-state index contributed by atoms with van der Waals surface area (Å²) in [6.07, 6.45) is 10.1. The van der Waals surface area contributed by atoms with E-state index in [-0.39, 0.29) is 13.2 Å². The monoisotopic (exact) mass is 736 g/mol. The van der Waals surface area contributed by atoms with Crippen LogP contribution in [0.15, 0.2) is 67.0 Å². The van der Waals surface area contributed by atoms with Gasteiger partial charge in [-0.25, -0.2) is 0 Å². The standard InChI is InChI=1S/C44H53ClN4O4/c1-31-10-4-5-18-49(31)27-38-21-41(45)44(22-43(38)52-29-36-20-35(23-46)24-47-25-36)53-30-37-12-6-13-39(32(37)2)40-14-7-15-42(33(40)3)51-19-9-17-48-16-8-11-34(26-48)28-50/h6-7,12-15,20-22,24-25,31,34,50H,4-5,8-11,16-19,26-30H2,1-3H3/t31-,34?/m1/s1. The maximum absolute atomic E-state index is 9.57. The van der Waals surface area contributed by atoms with Gasteiger partial charge in [0.1, 0.15) is 36.5 Å². The molecule has 0 amide bonds. The molecule has 0 spiro atoms. The number of aliphatic hydroxyl groups excluding tert-OH is 1. The summed E-state index contributed by atoms with van der Waals surface area (Å²) in [6.45, 7) is 13.0. The van der Waals surface area contributed by atoms with E-state index in [1.54, 1.807) is 18.5 Å². The lowest BCUT2D eigenvalue weighted by Gasteiger charge is -2.33. The Bertz CT molecular complexity index is 1880. The fourth-order valence-corrected chi connectivity index (χ4v) is 7.91. The SMILES string of the molecule is Cc1c(COc2cc(OCc3cncc(C#N)c3)c(CN3CCCC[C@H]3C)cc2Cl)cccc1-c1cccc(OCCCN2CCCC(CO)C2)c1C. The number of likely N-dealkylation sites (tertiary alicyclic amines) is 2.